The number of hydrogen-bond donors (Lipinski definition) is 0. The molecule has 0 fully saturated rings. The maximum absolute atomic E-state index is 4.14. The van der Waals surface area contributed by atoms with Crippen LogP contribution in [0.2, 0.25) is 0 Å². The Balaban J connectivity index is 2.53. The maximum atomic E-state index is 4.14. The van der Waals surface area contributed by atoms with Gasteiger partial charge in [0.05, 0.1) is 5.69 Å². The smallest absolute Gasteiger partial charge is 0.0781 e. The van der Waals surface area contributed by atoms with Gasteiger partial charge in [0.15, 0.2) is 0 Å². The van der Waals surface area contributed by atoms with E-state index in [0.29, 0.717) is 0 Å². The first-order valence-corrected chi connectivity index (χ1v) is 4.35. The van der Waals surface area contributed by atoms with Gasteiger partial charge in [-0.2, -0.15) is 5.10 Å². The van der Waals surface area contributed by atoms with E-state index in [4.69, 9.17) is 0 Å². The summed E-state index contributed by atoms with van der Waals surface area (Å²) < 4.78 is 1.88. The molecule has 0 atom stereocenters. The Bertz CT molecular complexity index is 335. The first-order valence-electron chi connectivity index (χ1n) is 3.41. The fourth-order valence-electron chi connectivity index (χ4n) is 1.000. The van der Waals surface area contributed by atoms with Gasteiger partial charge in [0.25, 0.3) is 0 Å². The van der Waals surface area contributed by atoms with Crippen molar-refractivity contribution in [2.24, 2.45) is 0 Å². The molecule has 0 unspecified atom stereocenters. The molecule has 0 spiro atoms. The normalized spacial score (nSPS) is 10.3. The molecule has 0 saturated heterocycles. The number of nitrogens with zero attached hydrogens (tertiary/aromatic N) is 2. The van der Waals surface area contributed by atoms with Crippen LogP contribution in [0.3, 0.4) is 0 Å². The van der Waals surface area contributed by atoms with Crippen LogP contribution in [0.1, 0.15) is 5.56 Å². The van der Waals surface area contributed by atoms with Crippen LogP contribution in [0.25, 0.3) is 5.69 Å². The summed E-state index contributed by atoms with van der Waals surface area (Å²) in [5.41, 5.74) is 2.46. The fraction of sp³-hybridized carbons (Fsp3) is 0.125. The number of hydrogen-bond acceptors (Lipinski definition) is 2. The molecule has 56 valence electrons. The molecule has 0 radical (unpaired) electrons. The van der Waals surface area contributed by atoms with Crippen molar-refractivity contribution < 1.29 is 0 Å². The van der Waals surface area contributed by atoms with Gasteiger partial charge in [0.1, 0.15) is 0 Å². The predicted molar refractivity (Wildman–Crippen MR) is 46.2 cm³/mol. The lowest BCUT2D eigenvalue weighted by molar-refractivity contribution is 0.878. The molecule has 0 N–H and O–H groups in total. The average molecular weight is 164 g/mol. The molecule has 2 heterocycles. The Morgan fingerprint density at radius 3 is 2.91 bits per heavy atom. The number of aromatic nitrogens is 2. The monoisotopic (exact) mass is 164 g/mol. The van der Waals surface area contributed by atoms with Gasteiger partial charge < -0.3 is 0 Å². The van der Waals surface area contributed by atoms with E-state index >= 15 is 0 Å². The predicted octanol–water partition coefficient (Wildman–Crippen LogP) is 2.24. The van der Waals surface area contributed by atoms with Crippen LogP contribution in [0.4, 0.5) is 0 Å². The molecule has 0 bridgehead atoms. The van der Waals surface area contributed by atoms with E-state index in [2.05, 4.69) is 22.8 Å². The molecular formula is C8H8N2S. The van der Waals surface area contributed by atoms with Crippen molar-refractivity contribution >= 4 is 11.3 Å². The highest BCUT2D eigenvalue weighted by atomic mass is 32.1. The third-order valence-corrected chi connectivity index (χ3v) is 2.43. The minimum Gasteiger partial charge on any atom is -0.240 e. The summed E-state index contributed by atoms with van der Waals surface area (Å²) in [4.78, 5) is 0. The van der Waals surface area contributed by atoms with Crippen LogP contribution in [0.5, 0.6) is 0 Å². The van der Waals surface area contributed by atoms with Crippen LogP contribution in [-0.2, 0) is 0 Å². The van der Waals surface area contributed by atoms with Gasteiger partial charge in [-0.25, -0.2) is 4.68 Å². The molecule has 2 rings (SSSR count). The fourth-order valence-corrected chi connectivity index (χ4v) is 1.82. The number of thiophene rings is 1. The molecule has 0 aliphatic rings. The average Bonchev–Trinajstić information content (AvgIpc) is 2.55. The lowest BCUT2D eigenvalue weighted by atomic mass is 10.3. The van der Waals surface area contributed by atoms with Gasteiger partial charge >= 0.3 is 0 Å². The summed E-state index contributed by atoms with van der Waals surface area (Å²) >= 11 is 1.70. The highest BCUT2D eigenvalue weighted by molar-refractivity contribution is 7.08. The van der Waals surface area contributed by atoms with Crippen molar-refractivity contribution in [3.05, 3.63) is 34.8 Å². The standard InChI is InChI=1S/C8H8N2S/c1-7-5-11-6-8(7)10-4-2-3-9-10/h2-6H,1H3. The second-order valence-electron chi connectivity index (χ2n) is 2.39. The Kier molecular flexibility index (Phi) is 1.51. The van der Waals surface area contributed by atoms with Crippen molar-refractivity contribution in [3.8, 4) is 5.69 Å². The molecule has 0 aliphatic heterocycles. The van der Waals surface area contributed by atoms with Crippen LogP contribution < -0.4 is 0 Å². The minimum absolute atomic E-state index is 1.18. The summed E-state index contributed by atoms with van der Waals surface area (Å²) in [6.45, 7) is 2.09. The Hall–Kier alpha value is -1.09. The zero-order valence-electron chi connectivity index (χ0n) is 6.19. The van der Waals surface area contributed by atoms with Crippen molar-refractivity contribution in [2.75, 3.05) is 0 Å². The SMILES string of the molecule is Cc1cscc1-n1cccn1. The molecular weight excluding hydrogens is 156 g/mol. The van der Waals surface area contributed by atoms with E-state index < -0.39 is 0 Å². The molecule has 3 heteroatoms. The third-order valence-electron chi connectivity index (χ3n) is 1.58. The van der Waals surface area contributed by atoms with Gasteiger partial charge in [0, 0.05) is 17.8 Å². The molecule has 2 aromatic heterocycles. The van der Waals surface area contributed by atoms with Crippen LogP contribution in [-0.4, -0.2) is 9.78 Å². The molecule has 0 saturated carbocycles. The molecule has 0 aromatic carbocycles. The second kappa shape index (κ2) is 2.51. The Labute approximate surface area is 69.1 Å². The first kappa shape index (κ1) is 6.61. The summed E-state index contributed by atoms with van der Waals surface area (Å²) in [5.74, 6) is 0. The topological polar surface area (TPSA) is 17.8 Å². The van der Waals surface area contributed by atoms with Gasteiger partial charge in [-0.3, -0.25) is 0 Å². The van der Waals surface area contributed by atoms with Crippen molar-refractivity contribution in [1.29, 1.82) is 0 Å². The molecule has 2 aromatic rings. The van der Waals surface area contributed by atoms with E-state index in [1.807, 2.05) is 16.9 Å². The molecule has 0 aliphatic carbocycles. The largest absolute Gasteiger partial charge is 0.240 e. The summed E-state index contributed by atoms with van der Waals surface area (Å²) in [5, 5.41) is 8.36. The highest BCUT2D eigenvalue weighted by Crippen LogP contribution is 2.16. The zero-order valence-corrected chi connectivity index (χ0v) is 7.01. The first-order chi connectivity index (χ1) is 5.38. The summed E-state index contributed by atoms with van der Waals surface area (Å²) in [6.07, 6.45) is 3.74. The van der Waals surface area contributed by atoms with Gasteiger partial charge in [-0.15, -0.1) is 11.3 Å². The van der Waals surface area contributed by atoms with E-state index in [1.54, 1.807) is 17.5 Å². The third kappa shape index (κ3) is 1.07. The highest BCUT2D eigenvalue weighted by Gasteiger charge is 1.99. The summed E-state index contributed by atoms with van der Waals surface area (Å²) in [7, 11) is 0. The van der Waals surface area contributed by atoms with Crippen LogP contribution in [0, 0.1) is 6.92 Å². The van der Waals surface area contributed by atoms with Gasteiger partial charge in [-0.1, -0.05) is 0 Å². The van der Waals surface area contributed by atoms with Gasteiger partial charge in [0.2, 0.25) is 0 Å². The maximum Gasteiger partial charge on any atom is 0.0781 e. The Morgan fingerprint density at radius 2 is 2.36 bits per heavy atom. The van der Waals surface area contributed by atoms with Crippen LogP contribution >= 0.6 is 11.3 Å². The van der Waals surface area contributed by atoms with Crippen molar-refractivity contribution in [3.63, 3.8) is 0 Å². The Morgan fingerprint density at radius 1 is 1.45 bits per heavy atom. The molecule has 2 nitrogen and oxygen atoms in total. The quantitative estimate of drug-likeness (QED) is 0.632. The zero-order chi connectivity index (χ0) is 7.68. The molecule has 11 heavy (non-hydrogen) atoms. The van der Waals surface area contributed by atoms with E-state index in [1.165, 1.54) is 11.3 Å². The second-order valence-corrected chi connectivity index (χ2v) is 3.13. The minimum atomic E-state index is 1.18. The number of rotatable bonds is 1. The van der Waals surface area contributed by atoms with Crippen molar-refractivity contribution in [2.45, 2.75) is 6.92 Å². The molecule has 0 amide bonds. The van der Waals surface area contributed by atoms with E-state index in [-0.39, 0.29) is 0 Å². The van der Waals surface area contributed by atoms with Crippen molar-refractivity contribution in [1.82, 2.24) is 9.78 Å². The van der Waals surface area contributed by atoms with E-state index in [9.17, 15) is 0 Å². The van der Waals surface area contributed by atoms with E-state index in [0.717, 1.165) is 0 Å². The van der Waals surface area contributed by atoms with Gasteiger partial charge in [-0.05, 0) is 23.9 Å². The van der Waals surface area contributed by atoms with Crippen LogP contribution in [0.15, 0.2) is 29.2 Å². The number of aryl methyl sites for hydroxylation is 1. The summed E-state index contributed by atoms with van der Waals surface area (Å²) in [6, 6.07) is 1.93. The lowest BCUT2D eigenvalue weighted by Gasteiger charge is -1.96. The lowest BCUT2D eigenvalue weighted by Crippen LogP contribution is -1.92.